The summed E-state index contributed by atoms with van der Waals surface area (Å²) in [6.07, 6.45) is 0. The van der Waals surface area contributed by atoms with Gasteiger partial charge in [0.15, 0.2) is 0 Å². The summed E-state index contributed by atoms with van der Waals surface area (Å²) in [7, 11) is -3.81. The molecule has 104 valence electrons. The summed E-state index contributed by atoms with van der Waals surface area (Å²) in [6.45, 7) is 0. The zero-order valence-corrected chi connectivity index (χ0v) is 12.5. The maximum Gasteiger partial charge on any atom is 0.335 e. The van der Waals surface area contributed by atoms with Gasteiger partial charge < -0.3 is 5.11 Å². The Morgan fingerprint density at radius 2 is 1.75 bits per heavy atom. The zero-order valence-electron chi connectivity index (χ0n) is 10.1. The lowest BCUT2D eigenvalue weighted by Crippen LogP contribution is -2.13. The van der Waals surface area contributed by atoms with Gasteiger partial charge in [-0.3, -0.25) is 4.72 Å². The van der Waals surface area contributed by atoms with Crippen LogP contribution in [0.3, 0.4) is 0 Å². The van der Waals surface area contributed by atoms with Crippen molar-refractivity contribution in [1.82, 2.24) is 0 Å². The normalized spacial score (nSPS) is 11.1. The lowest BCUT2D eigenvalue weighted by Gasteiger charge is -2.08. The molecule has 2 aromatic carbocycles. The SMILES string of the molecule is O=C(O)c1cccc(S(=O)(=O)Nc2ccc(Br)cc2)c1. The van der Waals surface area contributed by atoms with E-state index in [1.807, 2.05) is 0 Å². The van der Waals surface area contributed by atoms with Crippen LogP contribution in [0.2, 0.25) is 0 Å². The summed E-state index contributed by atoms with van der Waals surface area (Å²) in [6, 6.07) is 11.8. The topological polar surface area (TPSA) is 83.5 Å². The van der Waals surface area contributed by atoms with Crippen LogP contribution in [0.15, 0.2) is 57.9 Å². The van der Waals surface area contributed by atoms with E-state index < -0.39 is 16.0 Å². The molecule has 0 heterocycles. The second kappa shape index (κ2) is 5.64. The Morgan fingerprint density at radius 3 is 2.35 bits per heavy atom. The molecule has 7 heteroatoms. The quantitative estimate of drug-likeness (QED) is 0.882. The van der Waals surface area contributed by atoms with Crippen LogP contribution < -0.4 is 4.72 Å². The molecule has 0 saturated heterocycles. The third-order valence-electron chi connectivity index (χ3n) is 2.49. The molecule has 20 heavy (non-hydrogen) atoms. The molecule has 0 spiro atoms. The standard InChI is InChI=1S/C13H10BrNO4S/c14-10-4-6-11(7-5-10)15-20(18,19)12-3-1-2-9(8-12)13(16)17/h1-8,15H,(H,16,17). The minimum Gasteiger partial charge on any atom is -0.478 e. The minimum absolute atomic E-state index is 0.0799. The first-order chi connectivity index (χ1) is 9.38. The number of carboxylic acids is 1. The van der Waals surface area contributed by atoms with Gasteiger partial charge >= 0.3 is 5.97 Å². The highest BCUT2D eigenvalue weighted by Gasteiger charge is 2.16. The van der Waals surface area contributed by atoms with Crippen LogP contribution in [0.1, 0.15) is 10.4 Å². The predicted octanol–water partition coefficient (Wildman–Crippen LogP) is 2.95. The highest BCUT2D eigenvalue weighted by atomic mass is 79.9. The molecule has 5 nitrogen and oxygen atoms in total. The van der Waals surface area contributed by atoms with Crippen LogP contribution in [-0.2, 0) is 10.0 Å². The van der Waals surface area contributed by atoms with Gasteiger partial charge in [0.25, 0.3) is 10.0 Å². The van der Waals surface area contributed by atoms with Gasteiger partial charge in [-0.05, 0) is 42.5 Å². The number of rotatable bonds is 4. The molecule has 0 aliphatic rings. The van der Waals surface area contributed by atoms with Gasteiger partial charge in [0, 0.05) is 10.2 Å². The second-order valence-electron chi connectivity index (χ2n) is 3.95. The van der Waals surface area contributed by atoms with Crippen molar-refractivity contribution < 1.29 is 18.3 Å². The van der Waals surface area contributed by atoms with Gasteiger partial charge in [-0.15, -0.1) is 0 Å². The van der Waals surface area contributed by atoms with E-state index in [9.17, 15) is 13.2 Å². The number of carboxylic acid groups (broad SMARTS) is 1. The highest BCUT2D eigenvalue weighted by Crippen LogP contribution is 2.19. The molecule has 0 aliphatic carbocycles. The molecule has 0 aliphatic heterocycles. The van der Waals surface area contributed by atoms with E-state index in [4.69, 9.17) is 5.11 Å². The Labute approximate surface area is 124 Å². The number of aromatic carboxylic acids is 1. The van der Waals surface area contributed by atoms with Crippen LogP contribution in [0.4, 0.5) is 5.69 Å². The fraction of sp³-hybridized carbons (Fsp3) is 0. The number of halogens is 1. The molecule has 0 unspecified atom stereocenters. The predicted molar refractivity (Wildman–Crippen MR) is 78.4 cm³/mol. The monoisotopic (exact) mass is 355 g/mol. The molecule has 0 aromatic heterocycles. The van der Waals surface area contributed by atoms with Gasteiger partial charge in [-0.25, -0.2) is 13.2 Å². The van der Waals surface area contributed by atoms with Crippen molar-refractivity contribution in [3.05, 3.63) is 58.6 Å². The molecule has 0 fully saturated rings. The molecule has 0 amide bonds. The minimum atomic E-state index is -3.81. The Kier molecular flexibility index (Phi) is 4.10. The fourth-order valence-electron chi connectivity index (χ4n) is 1.53. The third-order valence-corrected chi connectivity index (χ3v) is 4.40. The number of anilines is 1. The third kappa shape index (κ3) is 3.37. The summed E-state index contributed by atoms with van der Waals surface area (Å²) in [5.74, 6) is -1.18. The molecular weight excluding hydrogens is 346 g/mol. The summed E-state index contributed by atoms with van der Waals surface area (Å²) < 4.78 is 27.5. The number of sulfonamides is 1. The first-order valence-electron chi connectivity index (χ1n) is 5.50. The second-order valence-corrected chi connectivity index (χ2v) is 6.54. The van der Waals surface area contributed by atoms with Gasteiger partial charge in [-0.2, -0.15) is 0 Å². The Bertz CT molecular complexity index is 741. The van der Waals surface area contributed by atoms with Crippen molar-refractivity contribution in [1.29, 1.82) is 0 Å². The van der Waals surface area contributed by atoms with Crippen LogP contribution in [-0.4, -0.2) is 19.5 Å². The van der Waals surface area contributed by atoms with Crippen LogP contribution in [0.25, 0.3) is 0 Å². The summed E-state index contributed by atoms with van der Waals surface area (Å²) in [5.41, 5.74) is 0.317. The largest absolute Gasteiger partial charge is 0.478 e. The van der Waals surface area contributed by atoms with Crippen LogP contribution in [0.5, 0.6) is 0 Å². The van der Waals surface area contributed by atoms with Crippen molar-refractivity contribution in [2.75, 3.05) is 4.72 Å². The highest BCUT2D eigenvalue weighted by molar-refractivity contribution is 9.10. The van der Waals surface area contributed by atoms with Crippen LogP contribution in [0, 0.1) is 0 Å². The first-order valence-corrected chi connectivity index (χ1v) is 7.78. The van der Waals surface area contributed by atoms with Gasteiger partial charge in [0.2, 0.25) is 0 Å². The maximum absolute atomic E-state index is 12.1. The molecule has 0 bridgehead atoms. The van der Waals surface area contributed by atoms with Crippen molar-refractivity contribution in [3.8, 4) is 0 Å². The van der Waals surface area contributed by atoms with Crippen molar-refractivity contribution in [3.63, 3.8) is 0 Å². The lowest BCUT2D eigenvalue weighted by atomic mass is 10.2. The van der Waals surface area contributed by atoms with Crippen molar-refractivity contribution in [2.45, 2.75) is 4.90 Å². The summed E-state index contributed by atoms with van der Waals surface area (Å²) in [5, 5.41) is 8.87. The molecule has 0 saturated carbocycles. The van der Waals surface area contributed by atoms with E-state index in [1.165, 1.54) is 18.2 Å². The maximum atomic E-state index is 12.1. The van der Waals surface area contributed by atoms with E-state index in [1.54, 1.807) is 24.3 Å². The lowest BCUT2D eigenvalue weighted by molar-refractivity contribution is 0.0696. The number of benzene rings is 2. The first kappa shape index (κ1) is 14.5. The number of carbonyl (C=O) groups is 1. The molecule has 2 N–H and O–H groups in total. The van der Waals surface area contributed by atoms with Gasteiger partial charge in [0.05, 0.1) is 10.5 Å². The zero-order chi connectivity index (χ0) is 14.8. The van der Waals surface area contributed by atoms with E-state index in [2.05, 4.69) is 20.7 Å². The number of hydrogen-bond donors (Lipinski definition) is 2. The molecule has 2 rings (SSSR count). The van der Waals surface area contributed by atoms with Crippen LogP contribution >= 0.6 is 15.9 Å². The van der Waals surface area contributed by atoms with E-state index >= 15 is 0 Å². The Morgan fingerprint density at radius 1 is 1.10 bits per heavy atom. The smallest absolute Gasteiger partial charge is 0.335 e. The molecule has 0 atom stereocenters. The number of hydrogen-bond acceptors (Lipinski definition) is 3. The molecule has 0 radical (unpaired) electrons. The van der Waals surface area contributed by atoms with E-state index in [-0.39, 0.29) is 10.5 Å². The Balaban J connectivity index is 2.33. The fourth-order valence-corrected chi connectivity index (χ4v) is 2.90. The average Bonchev–Trinajstić information content (AvgIpc) is 2.41. The summed E-state index contributed by atoms with van der Waals surface area (Å²) in [4.78, 5) is 10.8. The van der Waals surface area contributed by atoms with E-state index in [0.717, 1.165) is 10.5 Å². The van der Waals surface area contributed by atoms with Gasteiger partial charge in [-0.1, -0.05) is 22.0 Å². The average molecular weight is 356 g/mol. The van der Waals surface area contributed by atoms with E-state index in [0.29, 0.717) is 5.69 Å². The number of nitrogens with one attached hydrogen (secondary N) is 1. The molecule has 2 aromatic rings. The Hall–Kier alpha value is -1.86. The van der Waals surface area contributed by atoms with Crippen molar-refractivity contribution >= 4 is 37.6 Å². The summed E-state index contributed by atoms with van der Waals surface area (Å²) >= 11 is 3.25. The van der Waals surface area contributed by atoms with Crippen molar-refractivity contribution in [2.24, 2.45) is 0 Å². The van der Waals surface area contributed by atoms with Gasteiger partial charge in [0.1, 0.15) is 0 Å². The molecular formula is C13H10BrNO4S.